The van der Waals surface area contributed by atoms with Crippen LogP contribution in [0.1, 0.15) is 41.0 Å². The molecule has 0 saturated heterocycles. The van der Waals surface area contributed by atoms with E-state index in [1.165, 1.54) is 0 Å². The largest absolute Gasteiger partial charge is 0.454 e. The van der Waals surface area contributed by atoms with Gasteiger partial charge in [-0.05, 0) is 61.2 Å². The van der Waals surface area contributed by atoms with E-state index in [1.54, 1.807) is 0 Å². The molecule has 0 spiro atoms. The molecule has 1 aromatic heterocycles. The van der Waals surface area contributed by atoms with Gasteiger partial charge in [-0.1, -0.05) is 24.1 Å². The fraction of sp³-hybridized carbons (Fsp3) is 0.304. The van der Waals surface area contributed by atoms with Crippen LogP contribution in [-0.2, 0) is 19.5 Å². The van der Waals surface area contributed by atoms with E-state index in [1.807, 2.05) is 42.5 Å². The zero-order valence-electron chi connectivity index (χ0n) is 16.5. The van der Waals surface area contributed by atoms with Gasteiger partial charge in [-0.15, -0.1) is 0 Å². The summed E-state index contributed by atoms with van der Waals surface area (Å²) in [4.78, 5) is 17.8. The van der Waals surface area contributed by atoms with E-state index in [2.05, 4.69) is 9.88 Å². The first-order chi connectivity index (χ1) is 14.7. The second-order valence-corrected chi connectivity index (χ2v) is 8.01. The highest BCUT2D eigenvalue weighted by atomic mass is 35.5. The summed E-state index contributed by atoms with van der Waals surface area (Å²) in [5.41, 5.74) is 3.46. The molecule has 2 aromatic carbocycles. The predicted molar refractivity (Wildman–Crippen MR) is 114 cm³/mol. The molecule has 154 valence electrons. The van der Waals surface area contributed by atoms with E-state index in [0.29, 0.717) is 23.0 Å². The third-order valence-corrected chi connectivity index (χ3v) is 5.83. The lowest BCUT2D eigenvalue weighted by Crippen LogP contribution is -2.24. The number of hydrogen-bond acceptors (Lipinski definition) is 4. The van der Waals surface area contributed by atoms with Gasteiger partial charge < -0.3 is 19.4 Å². The number of carbonyl (C=O) groups is 1. The van der Waals surface area contributed by atoms with Gasteiger partial charge >= 0.3 is 0 Å². The standard InChI is InChI=1S/C23H22ClN3O3/c24-17-8-6-16(7-9-17)22-26-21(18-4-2-1-3-11-27(18)22)23(28)25-13-15-5-10-19-20(12-15)30-14-29-19/h5-10,12H,1-4,11,13-14H2,(H,25,28). The third kappa shape index (κ3) is 3.63. The van der Waals surface area contributed by atoms with E-state index in [-0.39, 0.29) is 12.7 Å². The number of nitrogens with zero attached hydrogens (tertiary/aromatic N) is 2. The van der Waals surface area contributed by atoms with Crippen LogP contribution in [0, 0.1) is 0 Å². The van der Waals surface area contributed by atoms with Gasteiger partial charge in [0.05, 0.1) is 5.69 Å². The van der Waals surface area contributed by atoms with Gasteiger partial charge in [-0.25, -0.2) is 4.98 Å². The zero-order chi connectivity index (χ0) is 20.5. The number of amides is 1. The maximum absolute atomic E-state index is 13.1. The lowest BCUT2D eigenvalue weighted by atomic mass is 10.1. The molecule has 0 aliphatic carbocycles. The fourth-order valence-electron chi connectivity index (χ4n) is 4.04. The van der Waals surface area contributed by atoms with Crippen LogP contribution >= 0.6 is 11.6 Å². The van der Waals surface area contributed by atoms with Gasteiger partial charge in [0.2, 0.25) is 6.79 Å². The molecule has 30 heavy (non-hydrogen) atoms. The molecular formula is C23H22ClN3O3. The average molecular weight is 424 g/mol. The molecule has 3 heterocycles. The lowest BCUT2D eigenvalue weighted by molar-refractivity contribution is 0.0945. The SMILES string of the molecule is O=C(NCc1ccc2c(c1)OCO2)c1nc(-c2ccc(Cl)cc2)n2c1CCCCC2. The Morgan fingerprint density at radius 1 is 1.07 bits per heavy atom. The number of hydrogen-bond donors (Lipinski definition) is 1. The maximum Gasteiger partial charge on any atom is 0.272 e. The fourth-order valence-corrected chi connectivity index (χ4v) is 4.16. The van der Waals surface area contributed by atoms with Gasteiger partial charge in [0, 0.05) is 23.7 Å². The van der Waals surface area contributed by atoms with Crippen molar-refractivity contribution < 1.29 is 14.3 Å². The normalized spacial score (nSPS) is 14.8. The van der Waals surface area contributed by atoms with E-state index in [9.17, 15) is 4.79 Å². The Hall–Kier alpha value is -2.99. The minimum atomic E-state index is -0.154. The minimum absolute atomic E-state index is 0.154. The topological polar surface area (TPSA) is 65.4 Å². The summed E-state index contributed by atoms with van der Waals surface area (Å²) < 4.78 is 13.0. The third-order valence-electron chi connectivity index (χ3n) is 5.58. The lowest BCUT2D eigenvalue weighted by Gasteiger charge is -2.09. The molecule has 7 heteroatoms. The Morgan fingerprint density at radius 2 is 1.90 bits per heavy atom. The summed E-state index contributed by atoms with van der Waals surface area (Å²) in [5.74, 6) is 2.12. The smallest absolute Gasteiger partial charge is 0.272 e. The minimum Gasteiger partial charge on any atom is -0.454 e. The average Bonchev–Trinajstić information content (AvgIpc) is 3.29. The number of benzene rings is 2. The molecule has 0 bridgehead atoms. The van der Waals surface area contributed by atoms with Crippen molar-refractivity contribution >= 4 is 17.5 Å². The summed E-state index contributed by atoms with van der Waals surface area (Å²) in [7, 11) is 0. The highest BCUT2D eigenvalue weighted by Gasteiger charge is 2.24. The van der Waals surface area contributed by atoms with Crippen molar-refractivity contribution in [2.45, 2.75) is 38.8 Å². The molecule has 0 unspecified atom stereocenters. The van der Waals surface area contributed by atoms with Gasteiger partial charge in [0.1, 0.15) is 11.5 Å². The summed E-state index contributed by atoms with van der Waals surface area (Å²) in [5, 5.41) is 3.70. The van der Waals surface area contributed by atoms with Crippen LogP contribution in [-0.4, -0.2) is 22.3 Å². The Morgan fingerprint density at radius 3 is 2.77 bits per heavy atom. The van der Waals surface area contributed by atoms with Crippen LogP contribution in [0.4, 0.5) is 0 Å². The molecule has 2 aliphatic heterocycles. The number of halogens is 1. The first kappa shape index (κ1) is 19.0. The van der Waals surface area contributed by atoms with Gasteiger partial charge in [0.25, 0.3) is 5.91 Å². The van der Waals surface area contributed by atoms with Crippen molar-refractivity contribution in [3.8, 4) is 22.9 Å². The van der Waals surface area contributed by atoms with Gasteiger partial charge in [-0.3, -0.25) is 4.79 Å². The van der Waals surface area contributed by atoms with Crippen molar-refractivity contribution in [3.05, 3.63) is 64.4 Å². The Kier molecular flexibility index (Phi) is 5.09. The maximum atomic E-state index is 13.1. The van der Waals surface area contributed by atoms with Crippen LogP contribution in [0.25, 0.3) is 11.4 Å². The Bertz CT molecular complexity index is 1090. The summed E-state index contributed by atoms with van der Waals surface area (Å²) >= 11 is 6.05. The van der Waals surface area contributed by atoms with E-state index in [0.717, 1.165) is 60.6 Å². The van der Waals surface area contributed by atoms with Crippen LogP contribution in [0.2, 0.25) is 5.02 Å². The van der Waals surface area contributed by atoms with Crippen molar-refractivity contribution in [1.29, 1.82) is 0 Å². The summed E-state index contributed by atoms with van der Waals surface area (Å²) in [6, 6.07) is 13.3. The monoisotopic (exact) mass is 423 g/mol. The number of rotatable bonds is 4. The number of nitrogens with one attached hydrogen (secondary N) is 1. The number of imidazole rings is 1. The second-order valence-electron chi connectivity index (χ2n) is 7.57. The van der Waals surface area contributed by atoms with E-state index < -0.39 is 0 Å². The quantitative estimate of drug-likeness (QED) is 0.666. The van der Waals surface area contributed by atoms with Crippen molar-refractivity contribution in [2.75, 3.05) is 6.79 Å². The molecule has 5 rings (SSSR count). The molecule has 0 atom stereocenters. The van der Waals surface area contributed by atoms with Crippen LogP contribution < -0.4 is 14.8 Å². The molecule has 2 aliphatic rings. The molecule has 1 amide bonds. The van der Waals surface area contributed by atoms with Crippen molar-refractivity contribution in [3.63, 3.8) is 0 Å². The molecule has 0 radical (unpaired) electrons. The Balaban J connectivity index is 1.41. The van der Waals surface area contributed by atoms with Crippen molar-refractivity contribution in [1.82, 2.24) is 14.9 Å². The van der Waals surface area contributed by atoms with Crippen LogP contribution in [0.5, 0.6) is 11.5 Å². The van der Waals surface area contributed by atoms with Crippen LogP contribution in [0.3, 0.4) is 0 Å². The van der Waals surface area contributed by atoms with Gasteiger partial charge in [0.15, 0.2) is 11.5 Å². The van der Waals surface area contributed by atoms with Gasteiger partial charge in [-0.2, -0.15) is 0 Å². The first-order valence-corrected chi connectivity index (χ1v) is 10.6. The first-order valence-electron chi connectivity index (χ1n) is 10.2. The molecule has 3 aromatic rings. The molecule has 0 fully saturated rings. The number of fused-ring (bicyclic) bond motifs is 2. The summed E-state index contributed by atoms with van der Waals surface area (Å²) in [6.45, 7) is 1.51. The highest BCUT2D eigenvalue weighted by molar-refractivity contribution is 6.30. The molecular weight excluding hydrogens is 402 g/mol. The molecule has 0 saturated carbocycles. The zero-order valence-corrected chi connectivity index (χ0v) is 17.2. The van der Waals surface area contributed by atoms with E-state index >= 15 is 0 Å². The predicted octanol–water partition coefficient (Wildman–Crippen LogP) is 4.59. The molecule has 6 nitrogen and oxygen atoms in total. The van der Waals surface area contributed by atoms with Crippen molar-refractivity contribution in [2.24, 2.45) is 0 Å². The number of carbonyl (C=O) groups excluding carboxylic acids is 1. The van der Waals surface area contributed by atoms with E-state index in [4.69, 9.17) is 26.1 Å². The second kappa shape index (κ2) is 8.03. The Labute approximate surface area is 179 Å². The molecule has 1 N–H and O–H groups in total. The number of ether oxygens (including phenoxy) is 2. The number of aromatic nitrogens is 2. The van der Waals surface area contributed by atoms with Crippen LogP contribution in [0.15, 0.2) is 42.5 Å². The summed E-state index contributed by atoms with van der Waals surface area (Å²) in [6.07, 6.45) is 4.16. The highest BCUT2D eigenvalue weighted by Crippen LogP contribution is 2.32.